The van der Waals surface area contributed by atoms with Crippen LogP contribution in [0.3, 0.4) is 0 Å². The first-order chi connectivity index (χ1) is 17.9. The predicted octanol–water partition coefficient (Wildman–Crippen LogP) is 6.40. The number of fused-ring (bicyclic) bond motifs is 1. The van der Waals surface area contributed by atoms with E-state index in [-0.39, 0.29) is 18.2 Å². The van der Waals surface area contributed by atoms with E-state index < -0.39 is 5.97 Å². The Kier molecular flexibility index (Phi) is 7.01. The fraction of sp³-hybridized carbons (Fsp3) is 0.172. The van der Waals surface area contributed by atoms with Crippen LogP contribution in [-0.4, -0.2) is 32.0 Å². The van der Waals surface area contributed by atoms with Crippen LogP contribution < -0.4 is 0 Å². The van der Waals surface area contributed by atoms with Crippen LogP contribution in [0.5, 0.6) is 5.75 Å². The standard InChI is InChI=1S/C29H26FN3O3S/c1-3-36-29(35)28-24-14-27(34)23(20-15-31-32(2)17-20)13-25(24)33(16-19-9-11-21(30)12-10-19)26(28)18-37-22-7-5-4-6-8-22/h4-15,17,34H,3,16,18H2,1-2H3. The van der Waals surface area contributed by atoms with Gasteiger partial charge in [-0.15, -0.1) is 11.8 Å². The average molecular weight is 516 g/mol. The van der Waals surface area contributed by atoms with Crippen LogP contribution in [0.2, 0.25) is 0 Å². The van der Waals surface area contributed by atoms with Crippen LogP contribution in [-0.2, 0) is 24.1 Å². The van der Waals surface area contributed by atoms with E-state index in [1.54, 1.807) is 47.8 Å². The highest BCUT2D eigenvalue weighted by Crippen LogP contribution is 2.39. The van der Waals surface area contributed by atoms with E-state index in [0.29, 0.717) is 28.8 Å². The Bertz CT molecular complexity index is 1560. The Morgan fingerprint density at radius 3 is 2.54 bits per heavy atom. The van der Waals surface area contributed by atoms with Crippen LogP contribution in [0.25, 0.3) is 22.0 Å². The van der Waals surface area contributed by atoms with E-state index in [4.69, 9.17) is 4.74 Å². The number of aromatic nitrogens is 3. The van der Waals surface area contributed by atoms with Gasteiger partial charge in [0, 0.05) is 52.6 Å². The predicted molar refractivity (Wildman–Crippen MR) is 143 cm³/mol. The van der Waals surface area contributed by atoms with Gasteiger partial charge in [-0.05, 0) is 48.9 Å². The largest absolute Gasteiger partial charge is 0.507 e. The van der Waals surface area contributed by atoms with Gasteiger partial charge >= 0.3 is 5.97 Å². The van der Waals surface area contributed by atoms with Crippen molar-refractivity contribution in [2.75, 3.05) is 6.61 Å². The molecule has 0 unspecified atom stereocenters. The molecule has 37 heavy (non-hydrogen) atoms. The van der Waals surface area contributed by atoms with Gasteiger partial charge in [0.1, 0.15) is 11.6 Å². The molecule has 0 atom stereocenters. The second-order valence-corrected chi connectivity index (χ2v) is 9.69. The number of nitrogens with zero attached hydrogens (tertiary/aromatic N) is 3. The van der Waals surface area contributed by atoms with E-state index in [1.165, 1.54) is 12.1 Å². The summed E-state index contributed by atoms with van der Waals surface area (Å²) in [6.07, 6.45) is 3.51. The number of aromatic hydroxyl groups is 1. The van der Waals surface area contributed by atoms with Crippen molar-refractivity contribution in [2.45, 2.75) is 24.1 Å². The van der Waals surface area contributed by atoms with Crippen molar-refractivity contribution >= 4 is 28.6 Å². The minimum Gasteiger partial charge on any atom is -0.507 e. The number of hydrogen-bond donors (Lipinski definition) is 1. The van der Waals surface area contributed by atoms with Gasteiger partial charge in [-0.25, -0.2) is 9.18 Å². The van der Waals surface area contributed by atoms with Gasteiger partial charge in [0.2, 0.25) is 0 Å². The van der Waals surface area contributed by atoms with Crippen molar-refractivity contribution in [3.63, 3.8) is 0 Å². The van der Waals surface area contributed by atoms with Gasteiger partial charge < -0.3 is 14.4 Å². The molecule has 1 N–H and O–H groups in total. The molecule has 188 valence electrons. The fourth-order valence-electron chi connectivity index (χ4n) is 4.43. The maximum atomic E-state index is 13.6. The van der Waals surface area contributed by atoms with E-state index >= 15 is 0 Å². The minimum atomic E-state index is -0.442. The topological polar surface area (TPSA) is 69.3 Å². The normalized spacial score (nSPS) is 11.2. The number of hydrogen-bond acceptors (Lipinski definition) is 5. The van der Waals surface area contributed by atoms with Crippen molar-refractivity contribution in [3.05, 3.63) is 102 Å². The number of phenolic OH excluding ortho intramolecular Hbond substituents is 1. The minimum absolute atomic E-state index is 0.0484. The molecule has 0 fully saturated rings. The lowest BCUT2D eigenvalue weighted by Gasteiger charge is -2.13. The lowest BCUT2D eigenvalue weighted by Crippen LogP contribution is -2.10. The molecular weight excluding hydrogens is 489 g/mol. The van der Waals surface area contributed by atoms with Crippen molar-refractivity contribution < 1.29 is 19.0 Å². The Balaban J connectivity index is 1.72. The van der Waals surface area contributed by atoms with Crippen LogP contribution in [0.15, 0.2) is 84.0 Å². The number of halogens is 1. The monoisotopic (exact) mass is 515 g/mol. The summed E-state index contributed by atoms with van der Waals surface area (Å²) in [6, 6.07) is 19.8. The third-order valence-electron chi connectivity index (χ3n) is 6.16. The second-order valence-electron chi connectivity index (χ2n) is 8.65. The average Bonchev–Trinajstić information content (AvgIpc) is 3.45. The molecule has 0 amide bonds. The van der Waals surface area contributed by atoms with Gasteiger partial charge in [-0.2, -0.15) is 5.10 Å². The first-order valence-electron chi connectivity index (χ1n) is 11.9. The Hall–Kier alpha value is -4.04. The zero-order valence-corrected chi connectivity index (χ0v) is 21.3. The van der Waals surface area contributed by atoms with E-state index in [2.05, 4.69) is 9.67 Å². The third-order valence-corrected chi connectivity index (χ3v) is 7.18. The summed E-state index contributed by atoms with van der Waals surface area (Å²) in [5.41, 5.74) is 4.22. The molecule has 0 radical (unpaired) electrons. The lowest BCUT2D eigenvalue weighted by atomic mass is 10.0. The van der Waals surface area contributed by atoms with Crippen LogP contribution in [0.1, 0.15) is 28.5 Å². The maximum Gasteiger partial charge on any atom is 0.340 e. The Morgan fingerprint density at radius 2 is 1.86 bits per heavy atom. The second kappa shape index (κ2) is 10.5. The SMILES string of the molecule is CCOC(=O)c1c(CSc2ccccc2)n(Cc2ccc(F)cc2)c2cc(-c3cnn(C)c3)c(O)cc12. The highest BCUT2D eigenvalue weighted by Gasteiger charge is 2.26. The number of benzene rings is 3. The van der Waals surface area contributed by atoms with E-state index in [0.717, 1.165) is 27.2 Å². The van der Waals surface area contributed by atoms with Gasteiger partial charge in [-0.3, -0.25) is 4.68 Å². The summed E-state index contributed by atoms with van der Waals surface area (Å²) in [5, 5.41) is 15.8. The highest BCUT2D eigenvalue weighted by molar-refractivity contribution is 7.98. The number of phenols is 1. The molecule has 0 bridgehead atoms. The molecule has 5 aromatic rings. The number of thioether (sulfide) groups is 1. The van der Waals surface area contributed by atoms with E-state index in [9.17, 15) is 14.3 Å². The molecular formula is C29H26FN3O3S. The van der Waals surface area contributed by atoms with Gasteiger partial charge in [0.15, 0.2) is 0 Å². The molecule has 0 saturated carbocycles. The van der Waals surface area contributed by atoms with Crippen molar-refractivity contribution in [1.29, 1.82) is 0 Å². The Labute approximate surface area is 218 Å². The number of carbonyl (C=O) groups excluding carboxylic acids is 1. The smallest absolute Gasteiger partial charge is 0.340 e. The highest BCUT2D eigenvalue weighted by atomic mass is 32.2. The summed E-state index contributed by atoms with van der Waals surface area (Å²) >= 11 is 1.61. The van der Waals surface area contributed by atoms with Crippen molar-refractivity contribution in [2.24, 2.45) is 7.05 Å². The molecule has 6 nitrogen and oxygen atoms in total. The molecule has 0 aliphatic carbocycles. The number of aryl methyl sites for hydroxylation is 1. The zero-order chi connectivity index (χ0) is 25.9. The fourth-order valence-corrected chi connectivity index (χ4v) is 5.38. The van der Waals surface area contributed by atoms with Crippen LogP contribution in [0.4, 0.5) is 4.39 Å². The van der Waals surface area contributed by atoms with Crippen molar-refractivity contribution in [1.82, 2.24) is 14.3 Å². The molecule has 0 saturated heterocycles. The first-order valence-corrected chi connectivity index (χ1v) is 12.9. The molecule has 2 heterocycles. The van der Waals surface area contributed by atoms with Crippen LogP contribution >= 0.6 is 11.8 Å². The first kappa shape index (κ1) is 24.6. The lowest BCUT2D eigenvalue weighted by molar-refractivity contribution is 0.0527. The Morgan fingerprint density at radius 1 is 1.11 bits per heavy atom. The van der Waals surface area contributed by atoms with E-state index in [1.807, 2.05) is 49.6 Å². The van der Waals surface area contributed by atoms with Gasteiger partial charge in [0.25, 0.3) is 0 Å². The number of esters is 1. The summed E-state index contributed by atoms with van der Waals surface area (Å²) < 4.78 is 22.8. The molecule has 0 aliphatic rings. The molecule has 0 aliphatic heterocycles. The maximum absolute atomic E-state index is 13.6. The zero-order valence-electron chi connectivity index (χ0n) is 20.5. The molecule has 8 heteroatoms. The van der Waals surface area contributed by atoms with Gasteiger partial charge in [0.05, 0.1) is 23.9 Å². The van der Waals surface area contributed by atoms with Crippen molar-refractivity contribution in [3.8, 4) is 16.9 Å². The quantitative estimate of drug-likeness (QED) is 0.191. The molecule has 3 aromatic carbocycles. The summed E-state index contributed by atoms with van der Waals surface area (Å²) in [4.78, 5) is 14.3. The third kappa shape index (κ3) is 5.11. The van der Waals surface area contributed by atoms with Crippen LogP contribution in [0, 0.1) is 5.82 Å². The number of rotatable bonds is 8. The summed E-state index contributed by atoms with van der Waals surface area (Å²) in [6.45, 7) is 2.42. The number of carbonyl (C=O) groups is 1. The summed E-state index contributed by atoms with van der Waals surface area (Å²) in [7, 11) is 1.81. The summed E-state index contributed by atoms with van der Waals surface area (Å²) in [5.74, 6) is -0.205. The molecule has 0 spiro atoms. The van der Waals surface area contributed by atoms with Gasteiger partial charge in [-0.1, -0.05) is 30.3 Å². The molecule has 2 aromatic heterocycles. The molecule has 5 rings (SSSR count). The number of ether oxygens (including phenoxy) is 1.